The number of halogens is 1. The summed E-state index contributed by atoms with van der Waals surface area (Å²) in [4.78, 5) is 16.4. The molecule has 0 atom stereocenters. The maximum atomic E-state index is 11.8. The van der Waals surface area contributed by atoms with Gasteiger partial charge in [0.05, 0.1) is 22.9 Å². The van der Waals surface area contributed by atoms with Gasteiger partial charge in [-0.3, -0.25) is 0 Å². The van der Waals surface area contributed by atoms with Gasteiger partial charge in [0, 0.05) is 10.6 Å². The molecule has 3 aromatic rings. The molecule has 1 heterocycles. The van der Waals surface area contributed by atoms with E-state index in [0.717, 1.165) is 15.3 Å². The second kappa shape index (κ2) is 5.23. The van der Waals surface area contributed by atoms with Gasteiger partial charge in [-0.25, -0.2) is 9.78 Å². The van der Waals surface area contributed by atoms with E-state index in [4.69, 9.17) is 16.3 Å². The summed E-state index contributed by atoms with van der Waals surface area (Å²) in [6, 6.07) is 13.2. The van der Waals surface area contributed by atoms with Gasteiger partial charge in [-0.1, -0.05) is 41.9 Å². The van der Waals surface area contributed by atoms with Crippen LogP contribution in [0.15, 0.2) is 42.5 Å². The fourth-order valence-corrected chi connectivity index (χ4v) is 3.23. The first-order valence-corrected chi connectivity index (χ1v) is 7.12. The minimum absolute atomic E-state index is 0.402. The maximum Gasteiger partial charge on any atom is 0.339 e. The van der Waals surface area contributed by atoms with Crippen molar-refractivity contribution in [3.63, 3.8) is 0 Å². The highest BCUT2D eigenvalue weighted by atomic mass is 35.5. The zero-order valence-corrected chi connectivity index (χ0v) is 12.2. The Morgan fingerprint density at radius 2 is 2.00 bits per heavy atom. The molecule has 0 N–H and O–H groups in total. The molecule has 3 rings (SSSR count). The first-order chi connectivity index (χ1) is 9.69. The molecular weight excluding hydrogens is 294 g/mol. The van der Waals surface area contributed by atoms with E-state index < -0.39 is 5.97 Å². The number of thiazole rings is 1. The number of hydrogen-bond acceptors (Lipinski definition) is 4. The lowest BCUT2D eigenvalue weighted by atomic mass is 10.2. The predicted octanol–water partition coefficient (Wildman–Crippen LogP) is 4.40. The zero-order valence-electron chi connectivity index (χ0n) is 10.6. The monoisotopic (exact) mass is 303 g/mol. The fourth-order valence-electron chi connectivity index (χ4n) is 1.96. The Morgan fingerprint density at radius 1 is 1.25 bits per heavy atom. The van der Waals surface area contributed by atoms with Gasteiger partial charge in [0.15, 0.2) is 0 Å². The first-order valence-electron chi connectivity index (χ1n) is 5.93. The summed E-state index contributed by atoms with van der Waals surface area (Å²) in [6.07, 6.45) is 0. The number of esters is 1. The molecule has 0 saturated heterocycles. The molecule has 0 saturated carbocycles. The summed E-state index contributed by atoms with van der Waals surface area (Å²) in [5, 5.41) is 1.33. The molecule has 1 aromatic heterocycles. The van der Waals surface area contributed by atoms with Crippen LogP contribution in [0.25, 0.3) is 20.8 Å². The lowest BCUT2D eigenvalue weighted by Gasteiger charge is -2.00. The van der Waals surface area contributed by atoms with Crippen LogP contribution in [0.3, 0.4) is 0 Å². The van der Waals surface area contributed by atoms with Gasteiger partial charge >= 0.3 is 5.97 Å². The normalized spacial score (nSPS) is 10.7. The summed E-state index contributed by atoms with van der Waals surface area (Å²) >= 11 is 7.50. The average molecular weight is 304 g/mol. The van der Waals surface area contributed by atoms with Crippen molar-refractivity contribution in [1.29, 1.82) is 0 Å². The van der Waals surface area contributed by atoms with E-state index in [1.165, 1.54) is 18.4 Å². The van der Waals surface area contributed by atoms with Gasteiger partial charge in [0.2, 0.25) is 0 Å². The number of fused-ring (bicyclic) bond motifs is 1. The Bertz CT molecular complexity index is 783. The molecule has 0 spiro atoms. The zero-order chi connectivity index (χ0) is 14.1. The van der Waals surface area contributed by atoms with Crippen LogP contribution in [0.5, 0.6) is 0 Å². The van der Waals surface area contributed by atoms with Gasteiger partial charge < -0.3 is 4.74 Å². The average Bonchev–Trinajstić information content (AvgIpc) is 2.90. The van der Waals surface area contributed by atoms with E-state index in [0.29, 0.717) is 16.1 Å². The van der Waals surface area contributed by atoms with Crippen LogP contribution >= 0.6 is 22.9 Å². The smallest absolute Gasteiger partial charge is 0.339 e. The minimum Gasteiger partial charge on any atom is -0.465 e. The number of benzene rings is 2. The van der Waals surface area contributed by atoms with Crippen LogP contribution in [0, 0.1) is 0 Å². The summed E-state index contributed by atoms with van der Waals surface area (Å²) in [5.74, 6) is -0.402. The molecule has 5 heteroatoms. The lowest BCUT2D eigenvalue weighted by Crippen LogP contribution is -2.01. The summed E-state index contributed by atoms with van der Waals surface area (Å²) in [6.45, 7) is 0. The van der Waals surface area contributed by atoms with Gasteiger partial charge in [0.25, 0.3) is 0 Å². The molecule has 0 aliphatic rings. The van der Waals surface area contributed by atoms with E-state index >= 15 is 0 Å². The van der Waals surface area contributed by atoms with Crippen molar-refractivity contribution in [2.75, 3.05) is 7.11 Å². The SMILES string of the molecule is COC(=O)c1cc(Cl)cc2nc(-c3ccccc3)sc12. The first kappa shape index (κ1) is 13.1. The standard InChI is InChI=1S/C15H10ClNO2S/c1-19-15(18)11-7-10(16)8-12-13(11)20-14(17-12)9-5-3-2-4-6-9/h2-8H,1H3. The van der Waals surface area contributed by atoms with Gasteiger partial charge in [0.1, 0.15) is 5.01 Å². The number of carbonyl (C=O) groups excluding carboxylic acids is 1. The highest BCUT2D eigenvalue weighted by Gasteiger charge is 2.16. The Morgan fingerprint density at radius 3 is 2.70 bits per heavy atom. The van der Waals surface area contributed by atoms with Crippen LogP contribution in [-0.2, 0) is 4.74 Å². The summed E-state index contributed by atoms with van der Waals surface area (Å²) in [5.41, 5.74) is 2.18. The second-order valence-electron chi connectivity index (χ2n) is 4.18. The van der Waals surface area contributed by atoms with Crippen molar-refractivity contribution >= 4 is 39.1 Å². The Hall–Kier alpha value is -1.91. The van der Waals surface area contributed by atoms with Crippen LogP contribution < -0.4 is 0 Å². The van der Waals surface area contributed by atoms with E-state index in [-0.39, 0.29) is 0 Å². The van der Waals surface area contributed by atoms with Crippen molar-refractivity contribution < 1.29 is 9.53 Å². The number of rotatable bonds is 2. The van der Waals surface area contributed by atoms with Crippen LogP contribution in [0.4, 0.5) is 0 Å². The highest BCUT2D eigenvalue weighted by molar-refractivity contribution is 7.22. The van der Waals surface area contributed by atoms with Crippen LogP contribution in [-0.4, -0.2) is 18.1 Å². The van der Waals surface area contributed by atoms with Crippen molar-refractivity contribution in [3.05, 3.63) is 53.1 Å². The Balaban J connectivity index is 2.23. The molecule has 0 amide bonds. The molecule has 100 valence electrons. The minimum atomic E-state index is -0.402. The van der Waals surface area contributed by atoms with Crippen molar-refractivity contribution in [3.8, 4) is 10.6 Å². The number of ether oxygens (including phenoxy) is 1. The molecule has 0 aliphatic carbocycles. The van der Waals surface area contributed by atoms with E-state index in [1.807, 2.05) is 30.3 Å². The number of nitrogens with zero attached hydrogens (tertiary/aromatic N) is 1. The van der Waals surface area contributed by atoms with Crippen molar-refractivity contribution in [1.82, 2.24) is 4.98 Å². The number of hydrogen-bond donors (Lipinski definition) is 0. The van der Waals surface area contributed by atoms with Gasteiger partial charge in [-0.15, -0.1) is 11.3 Å². The molecule has 0 aliphatic heterocycles. The van der Waals surface area contributed by atoms with Crippen molar-refractivity contribution in [2.24, 2.45) is 0 Å². The van der Waals surface area contributed by atoms with E-state index in [9.17, 15) is 4.79 Å². The fraction of sp³-hybridized carbons (Fsp3) is 0.0667. The molecule has 0 bridgehead atoms. The number of carbonyl (C=O) groups is 1. The van der Waals surface area contributed by atoms with Crippen molar-refractivity contribution in [2.45, 2.75) is 0 Å². The topological polar surface area (TPSA) is 39.2 Å². The van der Waals surface area contributed by atoms with Crippen LogP contribution in [0.1, 0.15) is 10.4 Å². The van der Waals surface area contributed by atoms with Gasteiger partial charge in [-0.2, -0.15) is 0 Å². The Kier molecular flexibility index (Phi) is 3.42. The lowest BCUT2D eigenvalue weighted by molar-refractivity contribution is 0.0603. The number of aromatic nitrogens is 1. The molecule has 0 unspecified atom stereocenters. The maximum absolute atomic E-state index is 11.8. The van der Waals surface area contributed by atoms with Gasteiger partial charge in [-0.05, 0) is 12.1 Å². The van der Waals surface area contributed by atoms with E-state index in [1.54, 1.807) is 12.1 Å². The Labute approximate surface area is 124 Å². The largest absolute Gasteiger partial charge is 0.465 e. The summed E-state index contributed by atoms with van der Waals surface area (Å²) in [7, 11) is 1.36. The molecule has 3 nitrogen and oxygen atoms in total. The number of methoxy groups -OCH3 is 1. The third kappa shape index (κ3) is 2.28. The summed E-state index contributed by atoms with van der Waals surface area (Å²) < 4.78 is 5.59. The molecule has 0 fully saturated rings. The van der Waals surface area contributed by atoms with Crippen LogP contribution in [0.2, 0.25) is 5.02 Å². The predicted molar refractivity (Wildman–Crippen MR) is 81.4 cm³/mol. The molecular formula is C15H10ClNO2S. The highest BCUT2D eigenvalue weighted by Crippen LogP contribution is 2.34. The quantitative estimate of drug-likeness (QED) is 0.659. The van der Waals surface area contributed by atoms with E-state index in [2.05, 4.69) is 4.98 Å². The third-order valence-corrected chi connectivity index (χ3v) is 4.25. The molecule has 2 aromatic carbocycles. The second-order valence-corrected chi connectivity index (χ2v) is 5.61. The molecule has 0 radical (unpaired) electrons. The third-order valence-electron chi connectivity index (χ3n) is 2.88. The molecule has 20 heavy (non-hydrogen) atoms.